The van der Waals surface area contributed by atoms with Gasteiger partial charge in [-0.2, -0.15) is 0 Å². The van der Waals surface area contributed by atoms with E-state index in [1.807, 2.05) is 32.0 Å². The average Bonchev–Trinajstić information content (AvgIpc) is 2.39. The molecule has 2 rings (SSSR count). The fourth-order valence-corrected chi connectivity index (χ4v) is 1.86. The van der Waals surface area contributed by atoms with Crippen LogP contribution in [0.1, 0.15) is 29.8 Å². The number of aromatic nitrogens is 2. The third kappa shape index (κ3) is 2.65. The molecule has 2 N–H and O–H groups in total. The Hall–Kier alpha value is -1.94. The Bertz CT molecular complexity index is 528. The van der Waals surface area contributed by atoms with Crippen molar-refractivity contribution in [3.63, 3.8) is 0 Å². The van der Waals surface area contributed by atoms with Gasteiger partial charge in [-0.15, -0.1) is 0 Å². The van der Waals surface area contributed by atoms with Gasteiger partial charge in [-0.05, 0) is 37.1 Å². The van der Waals surface area contributed by atoms with Crippen molar-refractivity contribution in [3.8, 4) is 5.75 Å². The van der Waals surface area contributed by atoms with Crippen LogP contribution >= 0.6 is 0 Å². The molecule has 0 aliphatic rings. The first-order chi connectivity index (χ1) is 8.72. The van der Waals surface area contributed by atoms with E-state index >= 15 is 0 Å². The summed E-state index contributed by atoms with van der Waals surface area (Å²) in [7, 11) is 0. The Morgan fingerprint density at radius 3 is 2.94 bits per heavy atom. The minimum atomic E-state index is -0.230. The molecule has 4 nitrogen and oxygen atoms in total. The highest BCUT2D eigenvalue weighted by molar-refractivity contribution is 5.35. The molecule has 18 heavy (non-hydrogen) atoms. The first-order valence-corrected chi connectivity index (χ1v) is 5.97. The summed E-state index contributed by atoms with van der Waals surface area (Å²) in [5.74, 6) is 0.743. The summed E-state index contributed by atoms with van der Waals surface area (Å²) < 4.78 is 5.43. The lowest BCUT2D eigenvalue weighted by Gasteiger charge is -2.14. The number of hydrogen-bond acceptors (Lipinski definition) is 4. The number of rotatable bonds is 4. The second-order valence-corrected chi connectivity index (χ2v) is 4.04. The second-order valence-electron chi connectivity index (χ2n) is 4.04. The molecule has 0 amide bonds. The van der Waals surface area contributed by atoms with Gasteiger partial charge in [0.05, 0.1) is 18.8 Å². The number of hydrogen-bond donors (Lipinski definition) is 1. The van der Waals surface area contributed by atoms with Crippen LogP contribution in [0.4, 0.5) is 0 Å². The van der Waals surface area contributed by atoms with Gasteiger partial charge in [-0.25, -0.2) is 0 Å². The molecule has 0 fully saturated rings. The summed E-state index contributed by atoms with van der Waals surface area (Å²) in [5.41, 5.74) is 9.12. The Morgan fingerprint density at radius 1 is 1.39 bits per heavy atom. The minimum Gasteiger partial charge on any atom is -0.492 e. The smallest absolute Gasteiger partial charge is 0.137 e. The maximum Gasteiger partial charge on any atom is 0.137 e. The SMILES string of the molecule is CCOc1cncc(C(N)c2cccnc2C)c1. The van der Waals surface area contributed by atoms with E-state index in [2.05, 4.69) is 9.97 Å². The molecule has 94 valence electrons. The van der Waals surface area contributed by atoms with Gasteiger partial charge in [0.1, 0.15) is 5.75 Å². The van der Waals surface area contributed by atoms with Gasteiger partial charge < -0.3 is 10.5 Å². The largest absolute Gasteiger partial charge is 0.492 e. The standard InChI is InChI=1S/C14H17N3O/c1-3-18-12-7-11(8-16-9-12)14(15)13-5-4-6-17-10(13)2/h4-9,14H,3,15H2,1-2H3. The van der Waals surface area contributed by atoms with Crippen LogP contribution in [0.25, 0.3) is 0 Å². The van der Waals surface area contributed by atoms with Gasteiger partial charge in [-0.3, -0.25) is 9.97 Å². The number of nitrogens with two attached hydrogens (primary N) is 1. The van der Waals surface area contributed by atoms with Crippen molar-refractivity contribution in [1.82, 2.24) is 9.97 Å². The molecule has 2 heterocycles. The summed E-state index contributed by atoms with van der Waals surface area (Å²) in [6.45, 7) is 4.51. The predicted octanol–water partition coefficient (Wildman–Crippen LogP) is 2.23. The molecule has 0 radical (unpaired) electrons. The van der Waals surface area contributed by atoms with Crippen LogP contribution in [0.3, 0.4) is 0 Å². The molecule has 0 saturated carbocycles. The van der Waals surface area contributed by atoms with Gasteiger partial charge in [0.2, 0.25) is 0 Å². The maximum atomic E-state index is 6.25. The molecule has 0 saturated heterocycles. The van der Waals surface area contributed by atoms with Crippen molar-refractivity contribution in [2.45, 2.75) is 19.9 Å². The summed E-state index contributed by atoms with van der Waals surface area (Å²) in [6.07, 6.45) is 5.22. The molecule has 2 aromatic rings. The monoisotopic (exact) mass is 243 g/mol. The lowest BCUT2D eigenvalue weighted by atomic mass is 10.00. The van der Waals surface area contributed by atoms with E-state index in [1.54, 1.807) is 18.6 Å². The van der Waals surface area contributed by atoms with Crippen molar-refractivity contribution in [2.75, 3.05) is 6.61 Å². The van der Waals surface area contributed by atoms with E-state index in [4.69, 9.17) is 10.5 Å². The first kappa shape index (κ1) is 12.5. The normalized spacial score (nSPS) is 12.2. The van der Waals surface area contributed by atoms with E-state index in [1.165, 1.54) is 0 Å². The van der Waals surface area contributed by atoms with Gasteiger partial charge in [0.15, 0.2) is 0 Å². The van der Waals surface area contributed by atoms with Crippen LogP contribution in [0.15, 0.2) is 36.8 Å². The summed E-state index contributed by atoms with van der Waals surface area (Å²) >= 11 is 0. The fraction of sp³-hybridized carbons (Fsp3) is 0.286. The molecule has 1 atom stereocenters. The average molecular weight is 243 g/mol. The van der Waals surface area contributed by atoms with E-state index in [0.29, 0.717) is 6.61 Å². The zero-order chi connectivity index (χ0) is 13.0. The molecular weight excluding hydrogens is 226 g/mol. The zero-order valence-electron chi connectivity index (χ0n) is 10.6. The number of ether oxygens (including phenoxy) is 1. The van der Waals surface area contributed by atoms with Gasteiger partial charge in [0, 0.05) is 18.1 Å². The lowest BCUT2D eigenvalue weighted by molar-refractivity contribution is 0.338. The third-order valence-corrected chi connectivity index (χ3v) is 2.79. The molecule has 0 aliphatic carbocycles. The van der Waals surface area contributed by atoms with Crippen molar-refractivity contribution < 1.29 is 4.74 Å². The van der Waals surface area contributed by atoms with E-state index in [9.17, 15) is 0 Å². The van der Waals surface area contributed by atoms with E-state index in [-0.39, 0.29) is 6.04 Å². The highest BCUT2D eigenvalue weighted by atomic mass is 16.5. The molecule has 4 heteroatoms. The summed E-state index contributed by atoms with van der Waals surface area (Å²) in [5, 5.41) is 0. The van der Waals surface area contributed by atoms with Crippen LogP contribution in [0, 0.1) is 6.92 Å². The fourth-order valence-electron chi connectivity index (χ4n) is 1.86. The first-order valence-electron chi connectivity index (χ1n) is 5.97. The molecule has 0 bridgehead atoms. The summed E-state index contributed by atoms with van der Waals surface area (Å²) in [6, 6.07) is 5.57. The van der Waals surface area contributed by atoms with E-state index in [0.717, 1.165) is 22.6 Å². The van der Waals surface area contributed by atoms with Crippen LogP contribution < -0.4 is 10.5 Å². The Balaban J connectivity index is 2.31. The van der Waals surface area contributed by atoms with Crippen molar-refractivity contribution in [2.24, 2.45) is 5.73 Å². The molecule has 2 aromatic heterocycles. The molecule has 0 spiro atoms. The number of aryl methyl sites for hydroxylation is 1. The lowest BCUT2D eigenvalue weighted by Crippen LogP contribution is -2.14. The maximum absolute atomic E-state index is 6.25. The van der Waals surface area contributed by atoms with Crippen LogP contribution in [0.5, 0.6) is 5.75 Å². The van der Waals surface area contributed by atoms with Gasteiger partial charge in [0.25, 0.3) is 0 Å². The second kappa shape index (κ2) is 5.60. The van der Waals surface area contributed by atoms with Crippen molar-refractivity contribution in [1.29, 1.82) is 0 Å². The quantitative estimate of drug-likeness (QED) is 0.894. The highest BCUT2D eigenvalue weighted by Gasteiger charge is 2.12. The Morgan fingerprint density at radius 2 is 2.22 bits per heavy atom. The molecular formula is C14H17N3O. The third-order valence-electron chi connectivity index (χ3n) is 2.79. The van der Waals surface area contributed by atoms with Gasteiger partial charge in [-0.1, -0.05) is 6.07 Å². The molecule has 1 unspecified atom stereocenters. The van der Waals surface area contributed by atoms with Crippen LogP contribution in [-0.2, 0) is 0 Å². The predicted molar refractivity (Wildman–Crippen MR) is 70.4 cm³/mol. The van der Waals surface area contributed by atoms with E-state index < -0.39 is 0 Å². The Labute approximate surface area is 107 Å². The Kier molecular flexibility index (Phi) is 3.89. The number of nitrogens with zero attached hydrogens (tertiary/aromatic N) is 2. The highest BCUT2D eigenvalue weighted by Crippen LogP contribution is 2.23. The van der Waals surface area contributed by atoms with Crippen molar-refractivity contribution >= 4 is 0 Å². The van der Waals surface area contributed by atoms with Gasteiger partial charge >= 0.3 is 0 Å². The summed E-state index contributed by atoms with van der Waals surface area (Å²) in [4.78, 5) is 8.41. The topological polar surface area (TPSA) is 61.0 Å². The molecule has 0 aromatic carbocycles. The zero-order valence-corrected chi connectivity index (χ0v) is 10.6. The number of pyridine rings is 2. The van der Waals surface area contributed by atoms with Crippen molar-refractivity contribution in [3.05, 3.63) is 53.6 Å². The van der Waals surface area contributed by atoms with Crippen LogP contribution in [0.2, 0.25) is 0 Å². The minimum absolute atomic E-state index is 0.230. The van der Waals surface area contributed by atoms with Crippen LogP contribution in [-0.4, -0.2) is 16.6 Å². The molecule has 0 aliphatic heterocycles.